The van der Waals surface area contributed by atoms with E-state index in [4.69, 9.17) is 0 Å². The van der Waals surface area contributed by atoms with Crippen molar-refractivity contribution in [3.63, 3.8) is 0 Å². The maximum atomic E-state index is 0. The Morgan fingerprint density at radius 3 is 0.429 bits per heavy atom. The van der Waals surface area contributed by atoms with Crippen molar-refractivity contribution in [2.75, 3.05) is 0 Å². The van der Waals surface area contributed by atoms with Crippen LogP contribution in [0.1, 0.15) is 0 Å². The van der Waals surface area contributed by atoms with Gasteiger partial charge < -0.3 is 29.7 Å². The van der Waals surface area contributed by atoms with Gasteiger partial charge in [0.15, 0.2) is 0 Å². The number of hydrogen-bond donors (Lipinski definition) is 0. The summed E-state index contributed by atoms with van der Waals surface area (Å²) in [5.41, 5.74) is 0. The molecule has 0 aromatic rings. The van der Waals surface area contributed by atoms with Crippen LogP contribution in [-0.4, -0.2) is 0 Å². The van der Waals surface area contributed by atoms with E-state index in [1.807, 2.05) is 0 Å². The Bertz CT molecular complexity index is 9.65. The largest absolute Gasteiger partial charge is 4.00 e. The zero-order valence-electron chi connectivity index (χ0n) is 5.60. The monoisotopic (exact) mass is 289 g/mol. The summed E-state index contributed by atoms with van der Waals surface area (Å²) in [6.07, 6.45) is 0. The van der Waals surface area contributed by atoms with Crippen molar-refractivity contribution in [1.82, 2.24) is 0 Å². The van der Waals surface area contributed by atoms with Crippen LogP contribution in [-0.2, 0) is 84.0 Å². The minimum Gasteiger partial charge on any atom is -0.358 e. The molecule has 7 heavy (non-hydrogen) atoms. The average molecular weight is 289 g/mol. The van der Waals surface area contributed by atoms with Gasteiger partial charge in [0.2, 0.25) is 0 Å². The van der Waals surface area contributed by atoms with Crippen molar-refractivity contribution in [1.29, 1.82) is 0 Å². The smallest absolute Gasteiger partial charge is 0.358 e. The number of hydrogen-bond acceptors (Lipinski definition) is 0. The molecule has 0 fully saturated rings. The fourth-order valence-corrected chi connectivity index (χ4v) is 0. The Kier molecular flexibility index (Phi) is 950. The van der Waals surface area contributed by atoms with Crippen molar-refractivity contribution < 1.29 is 84.0 Å². The first-order valence-electron chi connectivity index (χ1n) is 0. The Labute approximate surface area is 112 Å². The van der Waals surface area contributed by atoms with E-state index in [9.17, 15) is 0 Å². The third kappa shape index (κ3) is 52.0. The maximum absolute atomic E-state index is 0. The van der Waals surface area contributed by atoms with Gasteiger partial charge in [-0.15, -0.1) is 0 Å². The van der Waals surface area contributed by atoms with Gasteiger partial charge in [0.1, 0.15) is 0 Å². The van der Waals surface area contributed by atoms with E-state index in [0.29, 0.717) is 0 Å². The van der Waals surface area contributed by atoms with Gasteiger partial charge in [-0.25, -0.2) is 0 Å². The molecule has 0 saturated heterocycles. The summed E-state index contributed by atoms with van der Waals surface area (Å²) in [6.45, 7) is 0. The molecule has 0 unspecified atom stereocenters. The van der Waals surface area contributed by atoms with E-state index < -0.39 is 0 Å². The average Bonchev–Trinajstić information content (AvgIpc) is 0. The second-order valence-corrected chi connectivity index (χ2v) is 0. The normalized spacial score (nSPS) is 0. The molecule has 0 spiro atoms. The van der Waals surface area contributed by atoms with Crippen LogP contribution in [0.2, 0.25) is 0 Å². The third-order valence-electron chi connectivity index (χ3n) is 0. The minimum atomic E-state index is 0. The minimum absolute atomic E-state index is 0. The summed E-state index contributed by atoms with van der Waals surface area (Å²) in [7, 11) is 0. The van der Waals surface area contributed by atoms with Crippen molar-refractivity contribution in [3.8, 4) is 0 Å². The topological polar surface area (TPSA) is 0 Å². The molecule has 0 N–H and O–H groups in total. The second kappa shape index (κ2) is 68.5. The summed E-state index contributed by atoms with van der Waals surface area (Å²) in [5, 5.41) is 0. The molecule has 0 amide bonds. The molecule has 0 rings (SSSR count). The van der Waals surface area contributed by atoms with Gasteiger partial charge in [0.25, 0.3) is 0 Å². The van der Waals surface area contributed by atoms with Crippen LogP contribution < -0.4 is 0 Å². The summed E-state index contributed by atoms with van der Waals surface area (Å²) in [5.74, 6) is 0. The van der Waals surface area contributed by atoms with Gasteiger partial charge in [0, 0.05) is 65.4 Å². The van der Waals surface area contributed by atoms with E-state index in [0.717, 1.165) is 0 Å². The molecule has 39 valence electrons. The molecule has 0 nitrogen and oxygen atoms in total. The van der Waals surface area contributed by atoms with Crippen LogP contribution in [0.3, 0.4) is 0 Å². The van der Waals surface area contributed by atoms with E-state index in [1.165, 1.54) is 0 Å². The zero-order valence-corrected chi connectivity index (χ0v) is 12.7. The number of rotatable bonds is 0. The van der Waals surface area contributed by atoms with Crippen LogP contribution in [0.5, 0.6) is 0 Å². The van der Waals surface area contributed by atoms with Crippen LogP contribution in [0.15, 0.2) is 0 Å². The van der Waals surface area contributed by atoms with E-state index in [2.05, 4.69) is 0 Å². The van der Waals surface area contributed by atoms with Crippen molar-refractivity contribution in [3.05, 3.63) is 29.7 Å². The zero-order chi connectivity index (χ0) is 0. The predicted molar refractivity (Wildman–Crippen MR) is 25.7 cm³/mol. The Morgan fingerprint density at radius 1 is 0.429 bits per heavy atom. The van der Waals surface area contributed by atoms with E-state index in [1.54, 1.807) is 0 Å². The maximum Gasteiger partial charge on any atom is 4.00 e. The van der Waals surface area contributed by atoms with Crippen LogP contribution >= 0.6 is 0 Å². The predicted octanol–water partition coefficient (Wildman–Crippen LogP) is 1.79. The van der Waals surface area contributed by atoms with Crippen molar-refractivity contribution in [2.45, 2.75) is 0 Å². The van der Waals surface area contributed by atoms with Crippen LogP contribution in [0.25, 0.3) is 0 Å². The molecule has 0 aromatic carbocycles. The van der Waals surface area contributed by atoms with Gasteiger partial charge >= 0.3 is 18.6 Å². The summed E-state index contributed by atoms with van der Waals surface area (Å²) >= 11 is 0. The first kappa shape index (κ1) is 97.1. The standard InChI is InChI=1S/4CH3.V.2Y/h4*1H3;;;/q4*-1;+4;;. The molecule has 3 heteroatoms. The fourth-order valence-electron chi connectivity index (χ4n) is 0. The van der Waals surface area contributed by atoms with Crippen LogP contribution in [0.4, 0.5) is 0 Å². The summed E-state index contributed by atoms with van der Waals surface area (Å²) in [6, 6.07) is 0. The molecule has 0 aromatic heterocycles. The van der Waals surface area contributed by atoms with Gasteiger partial charge in [-0.05, 0) is 0 Å². The quantitative estimate of drug-likeness (QED) is 0.596. The van der Waals surface area contributed by atoms with Crippen molar-refractivity contribution in [2.24, 2.45) is 0 Å². The van der Waals surface area contributed by atoms with Gasteiger partial charge in [-0.3, -0.25) is 0 Å². The van der Waals surface area contributed by atoms with Gasteiger partial charge in [0.05, 0.1) is 0 Å². The fraction of sp³-hybridized carbons (Fsp3) is 0. The molecule has 0 heterocycles. The Hall–Kier alpha value is 2.79. The second-order valence-electron chi connectivity index (χ2n) is 0. The molecule has 0 bridgehead atoms. The van der Waals surface area contributed by atoms with Crippen LogP contribution in [0, 0.1) is 29.7 Å². The molecule has 0 saturated carbocycles. The van der Waals surface area contributed by atoms with Crippen molar-refractivity contribution >= 4 is 0 Å². The molecule has 0 atom stereocenters. The Balaban J connectivity index is 0. The third-order valence-corrected chi connectivity index (χ3v) is 0. The first-order chi connectivity index (χ1) is 0. The van der Waals surface area contributed by atoms with Gasteiger partial charge in [-0.2, -0.15) is 0 Å². The SMILES string of the molecule is [CH3-].[CH3-].[CH3-].[CH3-].[V+4].[Y].[Y]. The molecule has 0 aliphatic rings. The summed E-state index contributed by atoms with van der Waals surface area (Å²) < 4.78 is 0. The molecular formula is C4H12VY2. The van der Waals surface area contributed by atoms with E-state index in [-0.39, 0.29) is 114 Å². The van der Waals surface area contributed by atoms with Gasteiger partial charge in [-0.1, -0.05) is 0 Å². The van der Waals surface area contributed by atoms with E-state index >= 15 is 0 Å². The molecule has 0 aliphatic carbocycles. The molecule has 3 radical (unpaired) electrons. The summed E-state index contributed by atoms with van der Waals surface area (Å²) in [4.78, 5) is 0. The Morgan fingerprint density at radius 2 is 0.429 bits per heavy atom. The molecular weight excluding hydrogens is 277 g/mol. The first-order valence-corrected chi connectivity index (χ1v) is 0. The molecule has 0 aliphatic heterocycles.